The predicted molar refractivity (Wildman–Crippen MR) is 114 cm³/mol. The number of amides is 1. The zero-order valence-corrected chi connectivity index (χ0v) is 17.6. The Morgan fingerprint density at radius 2 is 1.80 bits per heavy atom. The number of fused-ring (bicyclic) bond motifs is 2. The Hall–Kier alpha value is -3.23. The molecule has 1 aliphatic heterocycles. The average Bonchev–Trinajstić information content (AvgIpc) is 2.83. The zero-order valence-electron chi connectivity index (χ0n) is 16.0. The van der Waals surface area contributed by atoms with Crippen LogP contribution in [0.25, 0.3) is 0 Å². The number of anilines is 2. The lowest BCUT2D eigenvalue weighted by molar-refractivity contribution is 0.102. The molecule has 3 aromatic rings. The predicted octanol–water partition coefficient (Wildman–Crippen LogP) is 4.82. The van der Waals surface area contributed by atoms with Gasteiger partial charge >= 0.3 is 0 Å². The van der Waals surface area contributed by atoms with Crippen molar-refractivity contribution in [1.82, 2.24) is 0 Å². The minimum absolute atomic E-state index is 0.0819. The number of methoxy groups -OCH3 is 1. The Morgan fingerprint density at radius 1 is 1.03 bits per heavy atom. The minimum Gasteiger partial charge on any atom is -0.496 e. The van der Waals surface area contributed by atoms with Gasteiger partial charge in [0.1, 0.15) is 11.5 Å². The molecule has 1 amide bonds. The van der Waals surface area contributed by atoms with Crippen LogP contribution >= 0.6 is 11.6 Å². The molecule has 1 aliphatic rings. The van der Waals surface area contributed by atoms with Crippen molar-refractivity contribution in [3.8, 4) is 17.2 Å². The first-order valence-corrected chi connectivity index (χ1v) is 10.7. The van der Waals surface area contributed by atoms with Gasteiger partial charge in [0.05, 0.1) is 23.3 Å². The van der Waals surface area contributed by atoms with Crippen LogP contribution in [0.3, 0.4) is 0 Å². The number of carbonyl (C=O) groups excluding carboxylic acids is 1. The van der Waals surface area contributed by atoms with E-state index >= 15 is 0 Å². The van der Waals surface area contributed by atoms with Gasteiger partial charge in [0, 0.05) is 10.7 Å². The van der Waals surface area contributed by atoms with Crippen molar-refractivity contribution in [1.29, 1.82) is 0 Å². The summed E-state index contributed by atoms with van der Waals surface area (Å²) >= 11 is 5.98. The smallest absolute Gasteiger partial charge is 0.261 e. The topological polar surface area (TPSA) is 93.7 Å². The molecule has 2 N–H and O–H groups in total. The van der Waals surface area contributed by atoms with E-state index in [-0.39, 0.29) is 16.1 Å². The minimum atomic E-state index is -3.87. The number of hydrogen-bond donors (Lipinski definition) is 2. The third kappa shape index (κ3) is 3.79. The van der Waals surface area contributed by atoms with Gasteiger partial charge in [-0.2, -0.15) is 0 Å². The average molecular weight is 445 g/mol. The van der Waals surface area contributed by atoms with Crippen LogP contribution in [-0.4, -0.2) is 21.4 Å². The first-order chi connectivity index (χ1) is 14.3. The van der Waals surface area contributed by atoms with Crippen LogP contribution in [0.1, 0.15) is 15.9 Å². The molecule has 0 fully saturated rings. The number of sulfonamides is 1. The molecule has 0 saturated carbocycles. The highest BCUT2D eigenvalue weighted by Gasteiger charge is 2.23. The number of ether oxygens (including phenoxy) is 2. The Labute approximate surface area is 178 Å². The molecule has 0 bridgehead atoms. The number of carbonyl (C=O) groups is 1. The first kappa shape index (κ1) is 20.1. The SMILES string of the molecule is COc1ccc(S(=O)(=O)Nc2ccc3c(c2)C(=O)Nc2cc(Cl)ccc2O3)cc1C. The van der Waals surface area contributed by atoms with Gasteiger partial charge in [-0.15, -0.1) is 0 Å². The molecular formula is C21H17ClN2O5S. The second-order valence-corrected chi connectivity index (χ2v) is 8.76. The van der Waals surface area contributed by atoms with Crippen molar-refractivity contribution in [2.75, 3.05) is 17.1 Å². The molecule has 0 radical (unpaired) electrons. The van der Waals surface area contributed by atoms with Gasteiger partial charge in [-0.3, -0.25) is 9.52 Å². The van der Waals surface area contributed by atoms with Crippen LogP contribution < -0.4 is 19.5 Å². The molecule has 4 rings (SSSR count). The molecule has 0 saturated heterocycles. The van der Waals surface area contributed by atoms with Crippen LogP contribution in [-0.2, 0) is 10.0 Å². The number of benzene rings is 3. The molecular weight excluding hydrogens is 428 g/mol. The van der Waals surface area contributed by atoms with Crippen molar-refractivity contribution >= 4 is 38.9 Å². The fraction of sp³-hybridized carbons (Fsp3) is 0.0952. The van der Waals surface area contributed by atoms with E-state index in [2.05, 4.69) is 10.0 Å². The summed E-state index contributed by atoms with van der Waals surface area (Å²) in [6, 6.07) is 13.9. The lowest BCUT2D eigenvalue weighted by atomic mass is 10.1. The van der Waals surface area contributed by atoms with Crippen molar-refractivity contribution in [2.45, 2.75) is 11.8 Å². The molecule has 1 heterocycles. The Kier molecular flexibility index (Phi) is 5.05. The van der Waals surface area contributed by atoms with Crippen molar-refractivity contribution in [2.24, 2.45) is 0 Å². The molecule has 7 nitrogen and oxygen atoms in total. The summed E-state index contributed by atoms with van der Waals surface area (Å²) in [7, 11) is -2.35. The van der Waals surface area contributed by atoms with E-state index in [1.165, 1.54) is 37.4 Å². The van der Waals surface area contributed by atoms with Gasteiger partial charge in [0.25, 0.3) is 15.9 Å². The van der Waals surface area contributed by atoms with Crippen LogP contribution in [0.15, 0.2) is 59.5 Å². The van der Waals surface area contributed by atoms with Gasteiger partial charge in [-0.25, -0.2) is 8.42 Å². The summed E-state index contributed by atoms with van der Waals surface area (Å²) in [6.07, 6.45) is 0. The molecule has 0 atom stereocenters. The summed E-state index contributed by atoms with van der Waals surface area (Å²) in [6.45, 7) is 1.76. The standard InChI is InChI=1S/C21H17ClN2O5S/c1-12-9-15(5-8-18(12)28-2)30(26,27)24-14-4-7-19-16(11-14)21(25)23-17-10-13(22)3-6-20(17)29-19/h3-11,24H,1-2H3,(H,23,25). The fourth-order valence-corrected chi connectivity index (χ4v) is 4.40. The molecule has 3 aromatic carbocycles. The van der Waals surface area contributed by atoms with Gasteiger partial charge < -0.3 is 14.8 Å². The highest BCUT2D eigenvalue weighted by Crippen LogP contribution is 2.38. The molecule has 30 heavy (non-hydrogen) atoms. The quantitative estimate of drug-likeness (QED) is 0.602. The van der Waals surface area contributed by atoms with E-state index < -0.39 is 15.9 Å². The molecule has 0 aliphatic carbocycles. The largest absolute Gasteiger partial charge is 0.496 e. The van der Waals surface area contributed by atoms with Crippen molar-refractivity contribution < 1.29 is 22.7 Å². The van der Waals surface area contributed by atoms with E-state index in [1.54, 1.807) is 31.2 Å². The lowest BCUT2D eigenvalue weighted by Crippen LogP contribution is -2.15. The Bertz CT molecular complexity index is 1270. The van der Waals surface area contributed by atoms with E-state index in [4.69, 9.17) is 21.1 Å². The summed E-state index contributed by atoms with van der Waals surface area (Å²) < 4.78 is 39.0. The second-order valence-electron chi connectivity index (χ2n) is 6.64. The van der Waals surface area contributed by atoms with Crippen molar-refractivity contribution in [3.05, 3.63) is 70.7 Å². The van der Waals surface area contributed by atoms with Crippen LogP contribution in [0.4, 0.5) is 11.4 Å². The number of halogens is 1. The fourth-order valence-electron chi connectivity index (χ4n) is 3.09. The maximum absolute atomic E-state index is 12.8. The normalized spacial score (nSPS) is 12.7. The number of nitrogens with one attached hydrogen (secondary N) is 2. The second kappa shape index (κ2) is 7.55. The molecule has 0 spiro atoms. The van der Waals surface area contributed by atoms with E-state index in [0.29, 0.717) is 33.5 Å². The zero-order chi connectivity index (χ0) is 21.5. The number of aryl methyl sites for hydroxylation is 1. The highest BCUT2D eigenvalue weighted by molar-refractivity contribution is 7.92. The van der Waals surface area contributed by atoms with E-state index in [1.807, 2.05) is 0 Å². The maximum atomic E-state index is 12.8. The van der Waals surface area contributed by atoms with Gasteiger partial charge in [-0.05, 0) is 67.1 Å². The van der Waals surface area contributed by atoms with Gasteiger partial charge in [0.2, 0.25) is 0 Å². The summed E-state index contributed by atoms with van der Waals surface area (Å²) in [5.41, 5.74) is 1.53. The molecule has 154 valence electrons. The van der Waals surface area contributed by atoms with E-state index in [9.17, 15) is 13.2 Å². The third-order valence-corrected chi connectivity index (χ3v) is 6.18. The third-order valence-electron chi connectivity index (χ3n) is 4.56. The monoisotopic (exact) mass is 444 g/mol. The van der Waals surface area contributed by atoms with Crippen molar-refractivity contribution in [3.63, 3.8) is 0 Å². The van der Waals surface area contributed by atoms with Crippen LogP contribution in [0.2, 0.25) is 5.02 Å². The van der Waals surface area contributed by atoms with E-state index in [0.717, 1.165) is 0 Å². The van der Waals surface area contributed by atoms with Gasteiger partial charge in [0.15, 0.2) is 5.75 Å². The lowest BCUT2D eigenvalue weighted by Gasteiger charge is -2.12. The number of hydrogen-bond acceptors (Lipinski definition) is 5. The maximum Gasteiger partial charge on any atom is 0.261 e. The highest BCUT2D eigenvalue weighted by atomic mass is 35.5. The molecule has 0 aromatic heterocycles. The Balaban J connectivity index is 1.65. The molecule has 9 heteroatoms. The number of rotatable bonds is 4. The van der Waals surface area contributed by atoms with Gasteiger partial charge in [-0.1, -0.05) is 11.6 Å². The summed E-state index contributed by atoms with van der Waals surface area (Å²) in [5, 5.41) is 3.17. The first-order valence-electron chi connectivity index (χ1n) is 8.87. The Morgan fingerprint density at radius 3 is 2.53 bits per heavy atom. The summed E-state index contributed by atoms with van der Waals surface area (Å²) in [5.74, 6) is 0.894. The van der Waals surface area contributed by atoms with Crippen LogP contribution in [0, 0.1) is 6.92 Å². The molecule has 0 unspecified atom stereocenters. The van der Waals surface area contributed by atoms with Crippen LogP contribution in [0.5, 0.6) is 17.2 Å². The summed E-state index contributed by atoms with van der Waals surface area (Å²) in [4.78, 5) is 12.7.